The first-order valence-electron chi connectivity index (χ1n) is 7.05. The Kier molecular flexibility index (Phi) is 6.02. The van der Waals surface area contributed by atoms with Crippen molar-refractivity contribution >= 4 is 23.2 Å². The maximum Gasteiger partial charge on any atom is 0.251 e. The smallest absolute Gasteiger partial charge is 0.251 e. The zero-order chi connectivity index (χ0) is 16.0. The number of nitrogens with one attached hydrogen (secondary N) is 1. The fourth-order valence-electron chi connectivity index (χ4n) is 2.15. The van der Waals surface area contributed by atoms with Crippen LogP contribution in [0.4, 0.5) is 11.4 Å². The minimum Gasteiger partial charge on any atom is -0.397 e. The van der Waals surface area contributed by atoms with E-state index < -0.39 is 0 Å². The second kappa shape index (κ2) is 7.52. The summed E-state index contributed by atoms with van der Waals surface area (Å²) in [6.45, 7) is 5.54. The highest BCUT2D eigenvalue weighted by Gasteiger charge is 2.15. The maximum atomic E-state index is 12.1. The molecule has 0 unspecified atom stereocenters. The lowest BCUT2D eigenvalue weighted by molar-refractivity contribution is -0.129. The van der Waals surface area contributed by atoms with Crippen LogP contribution in [0.3, 0.4) is 0 Å². The average molecular weight is 292 g/mol. The molecule has 2 amide bonds. The van der Waals surface area contributed by atoms with Gasteiger partial charge in [0.15, 0.2) is 0 Å². The van der Waals surface area contributed by atoms with Crippen molar-refractivity contribution in [3.63, 3.8) is 0 Å². The van der Waals surface area contributed by atoms with Crippen molar-refractivity contribution in [3.8, 4) is 0 Å². The van der Waals surface area contributed by atoms with Crippen LogP contribution in [0.5, 0.6) is 0 Å². The summed E-state index contributed by atoms with van der Waals surface area (Å²) < 4.78 is 0. The van der Waals surface area contributed by atoms with E-state index in [2.05, 4.69) is 5.32 Å². The first-order chi connectivity index (χ1) is 9.94. The molecule has 3 N–H and O–H groups in total. The fraction of sp³-hybridized carbons (Fsp3) is 0.467. The molecule has 1 rings (SSSR count). The molecule has 6 heteroatoms. The first-order valence-corrected chi connectivity index (χ1v) is 7.05. The summed E-state index contributed by atoms with van der Waals surface area (Å²) in [6, 6.07) is 5.07. The molecule has 0 spiro atoms. The van der Waals surface area contributed by atoms with Crippen LogP contribution in [0.15, 0.2) is 18.2 Å². The topological polar surface area (TPSA) is 78.7 Å². The van der Waals surface area contributed by atoms with E-state index in [9.17, 15) is 9.59 Å². The van der Waals surface area contributed by atoms with Crippen LogP contribution in [0.2, 0.25) is 0 Å². The van der Waals surface area contributed by atoms with E-state index in [4.69, 9.17) is 5.73 Å². The SMILES string of the molecule is CCN(CC)C(=O)CN(C)c1ccc(C(=O)NC)cc1N. The molecular weight excluding hydrogens is 268 g/mol. The van der Waals surface area contributed by atoms with Gasteiger partial charge in [-0.2, -0.15) is 0 Å². The Balaban J connectivity index is 2.86. The molecule has 21 heavy (non-hydrogen) atoms. The Morgan fingerprint density at radius 3 is 2.33 bits per heavy atom. The van der Waals surface area contributed by atoms with Gasteiger partial charge >= 0.3 is 0 Å². The number of benzene rings is 1. The molecule has 0 bridgehead atoms. The molecule has 1 aromatic carbocycles. The molecule has 0 heterocycles. The molecule has 0 atom stereocenters. The largest absolute Gasteiger partial charge is 0.397 e. The highest BCUT2D eigenvalue weighted by Crippen LogP contribution is 2.23. The van der Waals surface area contributed by atoms with Crippen LogP contribution in [-0.2, 0) is 4.79 Å². The number of rotatable bonds is 6. The summed E-state index contributed by atoms with van der Waals surface area (Å²) in [7, 11) is 3.38. The zero-order valence-corrected chi connectivity index (χ0v) is 13.1. The van der Waals surface area contributed by atoms with E-state index in [1.54, 1.807) is 35.0 Å². The van der Waals surface area contributed by atoms with Gasteiger partial charge in [-0.15, -0.1) is 0 Å². The van der Waals surface area contributed by atoms with Crippen molar-refractivity contribution in [2.45, 2.75) is 13.8 Å². The zero-order valence-electron chi connectivity index (χ0n) is 13.1. The van der Waals surface area contributed by atoms with Crippen molar-refractivity contribution < 1.29 is 9.59 Å². The predicted octanol–water partition coefficient (Wildman–Crippen LogP) is 0.933. The van der Waals surface area contributed by atoms with Gasteiger partial charge in [0.05, 0.1) is 17.9 Å². The molecule has 0 radical (unpaired) electrons. The number of nitrogens with zero attached hydrogens (tertiary/aromatic N) is 2. The third-order valence-corrected chi connectivity index (χ3v) is 3.42. The number of hydrogen-bond donors (Lipinski definition) is 2. The van der Waals surface area contributed by atoms with Crippen molar-refractivity contribution in [2.24, 2.45) is 0 Å². The number of anilines is 2. The van der Waals surface area contributed by atoms with Crippen molar-refractivity contribution in [1.82, 2.24) is 10.2 Å². The number of hydrogen-bond acceptors (Lipinski definition) is 4. The number of nitrogens with two attached hydrogens (primary N) is 1. The predicted molar refractivity (Wildman–Crippen MR) is 85.4 cm³/mol. The summed E-state index contributed by atoms with van der Waals surface area (Å²) in [5, 5.41) is 2.55. The summed E-state index contributed by atoms with van der Waals surface area (Å²) in [5.74, 6) is -0.132. The lowest BCUT2D eigenvalue weighted by atomic mass is 10.1. The van der Waals surface area contributed by atoms with E-state index in [1.165, 1.54) is 0 Å². The lowest BCUT2D eigenvalue weighted by Gasteiger charge is -2.25. The van der Waals surface area contributed by atoms with E-state index in [0.29, 0.717) is 24.3 Å². The van der Waals surface area contributed by atoms with Crippen molar-refractivity contribution in [1.29, 1.82) is 0 Å². The van der Waals surface area contributed by atoms with Gasteiger partial charge in [0.1, 0.15) is 0 Å². The minimum atomic E-state index is -0.185. The monoisotopic (exact) mass is 292 g/mol. The number of nitrogen functional groups attached to an aromatic ring is 1. The standard InChI is InChI=1S/C15H24N4O2/c1-5-19(6-2)14(20)10-18(4)13-8-7-11(9-12(13)16)15(21)17-3/h7-9H,5-6,10,16H2,1-4H3,(H,17,21). The molecule has 116 valence electrons. The van der Waals surface area contributed by atoms with Crippen LogP contribution >= 0.6 is 0 Å². The number of amides is 2. The molecule has 0 saturated heterocycles. The number of carbonyl (C=O) groups is 2. The quantitative estimate of drug-likeness (QED) is 0.765. The summed E-state index contributed by atoms with van der Waals surface area (Å²) in [5.41, 5.74) is 7.70. The van der Waals surface area contributed by atoms with Crippen LogP contribution in [0, 0.1) is 0 Å². The second-order valence-electron chi connectivity index (χ2n) is 4.77. The molecule has 0 aliphatic heterocycles. The van der Waals surface area contributed by atoms with E-state index in [-0.39, 0.29) is 18.4 Å². The highest BCUT2D eigenvalue weighted by atomic mass is 16.2. The highest BCUT2D eigenvalue weighted by molar-refractivity contribution is 5.96. The Labute approximate surface area is 125 Å². The van der Waals surface area contributed by atoms with Gasteiger partial charge in [-0.25, -0.2) is 0 Å². The van der Waals surface area contributed by atoms with Gasteiger partial charge in [0.2, 0.25) is 5.91 Å². The normalized spacial score (nSPS) is 10.1. The summed E-state index contributed by atoms with van der Waals surface area (Å²) >= 11 is 0. The van der Waals surface area contributed by atoms with Crippen molar-refractivity contribution in [3.05, 3.63) is 23.8 Å². The molecule has 0 aliphatic rings. The molecule has 0 saturated carbocycles. The van der Waals surface area contributed by atoms with Crippen LogP contribution in [0.1, 0.15) is 24.2 Å². The third kappa shape index (κ3) is 4.11. The molecule has 0 aromatic heterocycles. The average Bonchev–Trinajstić information content (AvgIpc) is 2.47. The lowest BCUT2D eigenvalue weighted by Crippen LogP contribution is -2.39. The Hall–Kier alpha value is -2.24. The molecule has 1 aromatic rings. The van der Waals surface area contributed by atoms with Gasteiger partial charge in [0.25, 0.3) is 5.91 Å². The van der Waals surface area contributed by atoms with Crippen molar-refractivity contribution in [2.75, 3.05) is 44.4 Å². The molecular formula is C15H24N4O2. The van der Waals surface area contributed by atoms with Gasteiger partial charge in [0, 0.05) is 32.7 Å². The molecule has 6 nitrogen and oxygen atoms in total. The third-order valence-electron chi connectivity index (χ3n) is 3.42. The van der Waals surface area contributed by atoms with Crippen LogP contribution in [0.25, 0.3) is 0 Å². The Bertz CT molecular complexity index is 512. The van der Waals surface area contributed by atoms with E-state index in [1.807, 2.05) is 20.9 Å². The van der Waals surface area contributed by atoms with Gasteiger partial charge in [-0.3, -0.25) is 9.59 Å². The number of likely N-dealkylation sites (N-methyl/N-ethyl adjacent to an activating group) is 2. The van der Waals surface area contributed by atoms with Crippen LogP contribution < -0.4 is 16.0 Å². The summed E-state index contributed by atoms with van der Waals surface area (Å²) in [4.78, 5) is 27.2. The second-order valence-corrected chi connectivity index (χ2v) is 4.77. The minimum absolute atomic E-state index is 0.0530. The van der Waals surface area contributed by atoms with Gasteiger partial charge < -0.3 is 20.9 Å². The van der Waals surface area contributed by atoms with E-state index >= 15 is 0 Å². The first kappa shape index (κ1) is 16.8. The van der Waals surface area contributed by atoms with E-state index in [0.717, 1.165) is 5.69 Å². The fourth-order valence-corrected chi connectivity index (χ4v) is 2.15. The Morgan fingerprint density at radius 1 is 1.24 bits per heavy atom. The number of carbonyl (C=O) groups excluding carboxylic acids is 2. The summed E-state index contributed by atoms with van der Waals surface area (Å²) in [6.07, 6.45) is 0. The maximum absolute atomic E-state index is 12.1. The molecule has 0 aliphatic carbocycles. The van der Waals surface area contributed by atoms with Crippen LogP contribution in [-0.4, -0.2) is 50.4 Å². The van der Waals surface area contributed by atoms with Gasteiger partial charge in [-0.1, -0.05) is 0 Å². The Morgan fingerprint density at radius 2 is 1.86 bits per heavy atom. The molecule has 0 fully saturated rings. The van der Waals surface area contributed by atoms with Gasteiger partial charge in [-0.05, 0) is 32.0 Å².